The van der Waals surface area contributed by atoms with E-state index in [2.05, 4.69) is 16.6 Å². The maximum Gasteiger partial charge on any atom is 0.329 e. The first-order valence-corrected chi connectivity index (χ1v) is 6.59. The molecule has 0 saturated heterocycles. The number of nitrogens with zero attached hydrogens (tertiary/aromatic N) is 1. The summed E-state index contributed by atoms with van der Waals surface area (Å²) in [4.78, 5) is 25.1. The molecule has 0 aromatic carbocycles. The lowest BCUT2D eigenvalue weighted by atomic mass is 10.3. The van der Waals surface area contributed by atoms with E-state index in [1.165, 1.54) is 11.6 Å². The number of anilines is 2. The van der Waals surface area contributed by atoms with Crippen LogP contribution >= 0.6 is 11.8 Å². The Morgan fingerprint density at radius 1 is 1.53 bits per heavy atom. The van der Waals surface area contributed by atoms with Crippen LogP contribution in [0.3, 0.4) is 0 Å². The average Bonchev–Trinajstić information content (AvgIpc) is 3.07. The van der Waals surface area contributed by atoms with Gasteiger partial charge in [0.25, 0.3) is 5.56 Å². The molecule has 1 fully saturated rings. The third-order valence-electron chi connectivity index (χ3n) is 3.20. The van der Waals surface area contributed by atoms with Crippen molar-refractivity contribution in [1.82, 2.24) is 9.55 Å². The Bertz CT molecular complexity index is 544. The number of aromatic amines is 1. The predicted octanol–water partition coefficient (Wildman–Crippen LogP) is -0.0367. The standard InChI is InChI=1S/C10H16N4O2S/c1-14-7(11)6(8(15)13-9(14)16)12-5-10(17-2)3-4-10/h12H,3-5,11H2,1-2H3,(H,13,15,16). The van der Waals surface area contributed by atoms with Crippen molar-refractivity contribution in [3.05, 3.63) is 20.8 Å². The lowest BCUT2D eigenvalue weighted by Crippen LogP contribution is -2.33. The molecule has 1 aromatic rings. The van der Waals surface area contributed by atoms with Crippen molar-refractivity contribution in [1.29, 1.82) is 0 Å². The van der Waals surface area contributed by atoms with Crippen molar-refractivity contribution in [2.75, 3.05) is 23.9 Å². The Hall–Kier alpha value is -1.37. The first-order valence-electron chi connectivity index (χ1n) is 5.37. The highest BCUT2D eigenvalue weighted by Gasteiger charge is 2.41. The molecule has 1 aliphatic rings. The van der Waals surface area contributed by atoms with Crippen LogP contribution in [0, 0.1) is 0 Å². The number of nitrogens with one attached hydrogen (secondary N) is 2. The number of H-pyrrole nitrogens is 1. The first kappa shape index (κ1) is 12.1. The Balaban J connectivity index is 2.24. The maximum absolute atomic E-state index is 11.6. The van der Waals surface area contributed by atoms with Crippen LogP contribution in [0.2, 0.25) is 0 Å². The summed E-state index contributed by atoms with van der Waals surface area (Å²) in [5.41, 5.74) is 5.08. The molecule has 1 aliphatic carbocycles. The molecule has 1 saturated carbocycles. The number of aromatic nitrogens is 2. The predicted molar refractivity (Wildman–Crippen MR) is 70.7 cm³/mol. The summed E-state index contributed by atoms with van der Waals surface area (Å²) in [6.07, 6.45) is 4.35. The SMILES string of the molecule is CSC1(CNc2c(N)n(C)c(=O)[nH]c2=O)CC1. The molecule has 0 atom stereocenters. The van der Waals surface area contributed by atoms with Crippen molar-refractivity contribution in [3.8, 4) is 0 Å². The third kappa shape index (κ3) is 2.19. The van der Waals surface area contributed by atoms with Gasteiger partial charge in [0.15, 0.2) is 0 Å². The second-order valence-electron chi connectivity index (χ2n) is 4.32. The van der Waals surface area contributed by atoms with E-state index in [0.29, 0.717) is 6.54 Å². The second-order valence-corrected chi connectivity index (χ2v) is 5.59. The summed E-state index contributed by atoms with van der Waals surface area (Å²) in [5.74, 6) is 0.177. The number of rotatable bonds is 4. The summed E-state index contributed by atoms with van der Waals surface area (Å²) >= 11 is 1.79. The first-order chi connectivity index (χ1) is 7.99. The van der Waals surface area contributed by atoms with Crippen LogP contribution in [0.1, 0.15) is 12.8 Å². The highest BCUT2D eigenvalue weighted by molar-refractivity contribution is 8.00. The number of thioether (sulfide) groups is 1. The van der Waals surface area contributed by atoms with Gasteiger partial charge in [0.2, 0.25) is 0 Å². The Labute approximate surface area is 103 Å². The van der Waals surface area contributed by atoms with E-state index >= 15 is 0 Å². The van der Waals surface area contributed by atoms with Crippen LogP contribution in [-0.2, 0) is 7.05 Å². The quantitative estimate of drug-likeness (QED) is 0.703. The molecule has 6 nitrogen and oxygen atoms in total. The minimum Gasteiger partial charge on any atom is -0.383 e. The van der Waals surface area contributed by atoms with Crippen molar-refractivity contribution < 1.29 is 0 Å². The largest absolute Gasteiger partial charge is 0.383 e. The van der Waals surface area contributed by atoms with Crippen molar-refractivity contribution in [2.24, 2.45) is 7.05 Å². The van der Waals surface area contributed by atoms with Crippen molar-refractivity contribution in [2.45, 2.75) is 17.6 Å². The molecule has 0 amide bonds. The normalized spacial score (nSPS) is 16.8. The molecule has 0 spiro atoms. The Kier molecular flexibility index (Phi) is 2.94. The molecule has 2 rings (SSSR count). The fraction of sp³-hybridized carbons (Fsp3) is 0.600. The molecule has 17 heavy (non-hydrogen) atoms. The van der Waals surface area contributed by atoms with Gasteiger partial charge in [-0.25, -0.2) is 4.79 Å². The smallest absolute Gasteiger partial charge is 0.329 e. The minimum absolute atomic E-state index is 0.177. The van der Waals surface area contributed by atoms with Crippen molar-refractivity contribution in [3.63, 3.8) is 0 Å². The van der Waals surface area contributed by atoms with Gasteiger partial charge in [0, 0.05) is 18.3 Å². The van der Waals surface area contributed by atoms with Crippen LogP contribution in [0.5, 0.6) is 0 Å². The highest BCUT2D eigenvalue weighted by Crippen LogP contribution is 2.46. The monoisotopic (exact) mass is 256 g/mol. The fourth-order valence-corrected chi connectivity index (χ4v) is 2.38. The molecule has 0 unspecified atom stereocenters. The fourth-order valence-electron chi connectivity index (χ4n) is 1.65. The van der Waals surface area contributed by atoms with Crippen LogP contribution in [0.15, 0.2) is 9.59 Å². The summed E-state index contributed by atoms with van der Waals surface area (Å²) in [5, 5.41) is 3.05. The topological polar surface area (TPSA) is 92.9 Å². The summed E-state index contributed by atoms with van der Waals surface area (Å²) in [6, 6.07) is 0. The zero-order valence-corrected chi connectivity index (χ0v) is 10.7. The van der Waals surface area contributed by atoms with E-state index in [4.69, 9.17) is 5.73 Å². The highest BCUT2D eigenvalue weighted by atomic mass is 32.2. The van der Waals surface area contributed by atoms with Crippen LogP contribution in [0.25, 0.3) is 0 Å². The van der Waals surface area contributed by atoms with Crippen LogP contribution in [0.4, 0.5) is 11.5 Å². The van der Waals surface area contributed by atoms with Gasteiger partial charge < -0.3 is 11.1 Å². The van der Waals surface area contributed by atoms with Gasteiger partial charge in [0.1, 0.15) is 11.5 Å². The average molecular weight is 256 g/mol. The summed E-state index contributed by atoms with van der Waals surface area (Å²) in [6.45, 7) is 0.694. The summed E-state index contributed by atoms with van der Waals surface area (Å²) < 4.78 is 1.45. The Morgan fingerprint density at radius 3 is 2.71 bits per heavy atom. The van der Waals surface area contributed by atoms with Gasteiger partial charge in [-0.2, -0.15) is 11.8 Å². The Morgan fingerprint density at radius 2 is 2.18 bits per heavy atom. The zero-order valence-electron chi connectivity index (χ0n) is 9.87. The number of hydrogen-bond donors (Lipinski definition) is 3. The van der Waals surface area contributed by atoms with Gasteiger partial charge in [-0.05, 0) is 19.1 Å². The molecular formula is C10H16N4O2S. The second kappa shape index (κ2) is 4.14. The number of hydrogen-bond acceptors (Lipinski definition) is 5. The van der Waals surface area contributed by atoms with Gasteiger partial charge in [-0.3, -0.25) is 14.3 Å². The van der Waals surface area contributed by atoms with E-state index in [-0.39, 0.29) is 16.3 Å². The van der Waals surface area contributed by atoms with Crippen molar-refractivity contribution >= 4 is 23.3 Å². The minimum atomic E-state index is -0.496. The van der Waals surface area contributed by atoms with E-state index in [9.17, 15) is 9.59 Å². The summed E-state index contributed by atoms with van der Waals surface area (Å²) in [7, 11) is 1.53. The zero-order chi connectivity index (χ0) is 12.6. The number of nitrogen functional groups attached to an aromatic ring is 1. The molecule has 1 aromatic heterocycles. The lowest BCUT2D eigenvalue weighted by molar-refractivity contribution is 0.810. The van der Waals surface area contributed by atoms with Gasteiger partial charge in [0.05, 0.1) is 0 Å². The molecular weight excluding hydrogens is 240 g/mol. The van der Waals surface area contributed by atoms with Crippen LogP contribution in [-0.4, -0.2) is 27.1 Å². The molecule has 94 valence electrons. The molecule has 0 radical (unpaired) electrons. The van der Waals surface area contributed by atoms with Gasteiger partial charge >= 0.3 is 5.69 Å². The lowest BCUT2D eigenvalue weighted by Gasteiger charge is -2.15. The van der Waals surface area contributed by atoms with E-state index in [1.807, 2.05) is 0 Å². The van der Waals surface area contributed by atoms with E-state index in [1.54, 1.807) is 11.8 Å². The molecule has 1 heterocycles. The van der Waals surface area contributed by atoms with Gasteiger partial charge in [-0.1, -0.05) is 0 Å². The number of nitrogens with two attached hydrogens (primary N) is 1. The van der Waals surface area contributed by atoms with Crippen LogP contribution < -0.4 is 22.3 Å². The molecule has 0 aliphatic heterocycles. The molecule has 4 N–H and O–H groups in total. The van der Waals surface area contributed by atoms with E-state index < -0.39 is 11.2 Å². The van der Waals surface area contributed by atoms with E-state index in [0.717, 1.165) is 12.8 Å². The maximum atomic E-state index is 11.6. The molecule has 7 heteroatoms. The third-order valence-corrected chi connectivity index (χ3v) is 4.62. The molecule has 0 bridgehead atoms. The van der Waals surface area contributed by atoms with Gasteiger partial charge in [-0.15, -0.1) is 0 Å².